The van der Waals surface area contributed by atoms with E-state index in [1.165, 1.54) is 18.9 Å². The summed E-state index contributed by atoms with van der Waals surface area (Å²) >= 11 is 1.33. The van der Waals surface area contributed by atoms with Gasteiger partial charge >= 0.3 is 5.97 Å². The highest BCUT2D eigenvalue weighted by Crippen LogP contribution is 2.36. The van der Waals surface area contributed by atoms with Gasteiger partial charge in [0.25, 0.3) is 5.91 Å². The van der Waals surface area contributed by atoms with Gasteiger partial charge in [-0.1, -0.05) is 54.6 Å². The Kier molecular flexibility index (Phi) is 8.41. The predicted molar refractivity (Wildman–Crippen MR) is 141 cm³/mol. The first kappa shape index (κ1) is 25.1. The summed E-state index contributed by atoms with van der Waals surface area (Å²) < 4.78 is 15.9. The average molecular weight is 503 g/mol. The minimum absolute atomic E-state index is 0.125. The third kappa shape index (κ3) is 6.34. The minimum Gasteiger partial charge on any atom is -0.493 e. The van der Waals surface area contributed by atoms with Gasteiger partial charge in [-0.3, -0.25) is 9.69 Å². The van der Waals surface area contributed by atoms with E-state index in [0.29, 0.717) is 28.1 Å². The highest BCUT2D eigenvalue weighted by Gasteiger charge is 2.33. The Morgan fingerprint density at radius 3 is 2.42 bits per heavy atom. The number of amides is 1. The summed E-state index contributed by atoms with van der Waals surface area (Å²) in [5, 5.41) is 0.614. The number of carbonyl (C=O) groups is 2. The highest BCUT2D eigenvalue weighted by atomic mass is 32.2. The molecule has 0 radical (unpaired) electrons. The van der Waals surface area contributed by atoms with Crippen molar-refractivity contribution in [2.75, 3.05) is 20.3 Å². The molecule has 8 heteroatoms. The fraction of sp³-hybridized carbons (Fsp3) is 0.179. The average Bonchev–Trinajstić information content (AvgIpc) is 3.18. The smallest absolute Gasteiger partial charge is 0.344 e. The number of thioether (sulfide) groups is 1. The van der Waals surface area contributed by atoms with Crippen molar-refractivity contribution in [3.63, 3.8) is 0 Å². The molecule has 3 aromatic rings. The number of aliphatic imine (C=N–C) groups is 1. The number of rotatable bonds is 9. The topological polar surface area (TPSA) is 77.4 Å². The Balaban J connectivity index is 1.60. The lowest BCUT2D eigenvalue weighted by atomic mass is 10.1. The van der Waals surface area contributed by atoms with Crippen LogP contribution in [0.3, 0.4) is 0 Å². The van der Waals surface area contributed by atoms with Crippen LogP contribution in [0.1, 0.15) is 18.1 Å². The van der Waals surface area contributed by atoms with Gasteiger partial charge in [0.05, 0.1) is 30.9 Å². The van der Waals surface area contributed by atoms with Gasteiger partial charge in [-0.2, -0.15) is 0 Å². The molecule has 0 unspecified atom stereocenters. The maximum atomic E-state index is 13.4. The van der Waals surface area contributed by atoms with Crippen LogP contribution in [0.2, 0.25) is 0 Å². The lowest BCUT2D eigenvalue weighted by Gasteiger charge is -2.15. The first-order valence-electron chi connectivity index (χ1n) is 11.4. The van der Waals surface area contributed by atoms with Crippen LogP contribution in [0.4, 0.5) is 5.69 Å². The van der Waals surface area contributed by atoms with Crippen LogP contribution in [0.5, 0.6) is 11.5 Å². The standard InChI is InChI=1S/C28H26N2O5S/c1-3-34-26(31)19-35-23-15-14-21(16-24(23)33-2)17-25-27(32)30(18-20-10-6-4-7-11-20)28(36-25)29-22-12-8-5-9-13-22/h4-17H,3,18-19H2,1-2H3/b25-17+,29-28?. The fourth-order valence-corrected chi connectivity index (χ4v) is 4.49. The molecule has 0 saturated carbocycles. The lowest BCUT2D eigenvalue weighted by Crippen LogP contribution is -2.28. The van der Waals surface area contributed by atoms with Crippen LogP contribution in [0.25, 0.3) is 6.08 Å². The molecule has 3 aromatic carbocycles. The molecule has 36 heavy (non-hydrogen) atoms. The minimum atomic E-state index is -0.456. The Bertz CT molecular complexity index is 1280. The number of benzene rings is 3. The van der Waals surface area contributed by atoms with Crippen molar-refractivity contribution in [2.45, 2.75) is 13.5 Å². The first-order valence-corrected chi connectivity index (χ1v) is 12.2. The van der Waals surface area contributed by atoms with Crippen molar-refractivity contribution >= 4 is 40.6 Å². The second-order valence-corrected chi connectivity index (χ2v) is 8.73. The van der Waals surface area contributed by atoms with Crippen molar-refractivity contribution in [1.82, 2.24) is 4.90 Å². The molecule has 1 amide bonds. The fourth-order valence-electron chi connectivity index (χ4n) is 3.49. The van der Waals surface area contributed by atoms with Gasteiger partial charge in [0.2, 0.25) is 0 Å². The third-order valence-corrected chi connectivity index (χ3v) is 6.20. The number of esters is 1. The summed E-state index contributed by atoms with van der Waals surface area (Å²) in [7, 11) is 1.52. The molecule has 0 N–H and O–H groups in total. The molecule has 1 aliphatic heterocycles. The van der Waals surface area contributed by atoms with Crippen LogP contribution >= 0.6 is 11.8 Å². The lowest BCUT2D eigenvalue weighted by molar-refractivity contribution is -0.145. The number of carbonyl (C=O) groups excluding carboxylic acids is 2. The van der Waals surface area contributed by atoms with E-state index in [4.69, 9.17) is 19.2 Å². The van der Waals surface area contributed by atoms with Crippen molar-refractivity contribution < 1.29 is 23.8 Å². The Hall–Kier alpha value is -4.04. The molecular formula is C28H26N2O5S. The quantitative estimate of drug-likeness (QED) is 0.286. The van der Waals surface area contributed by atoms with Gasteiger partial charge in [0, 0.05) is 0 Å². The van der Waals surface area contributed by atoms with E-state index in [2.05, 4.69) is 0 Å². The Morgan fingerprint density at radius 2 is 1.72 bits per heavy atom. The zero-order chi connectivity index (χ0) is 25.3. The summed E-state index contributed by atoms with van der Waals surface area (Å²) in [5.74, 6) is 0.279. The number of para-hydroxylation sites is 1. The summed E-state index contributed by atoms with van der Waals surface area (Å²) in [5.41, 5.74) is 2.54. The number of ether oxygens (including phenoxy) is 3. The molecule has 0 atom stereocenters. The molecule has 184 valence electrons. The summed E-state index contributed by atoms with van der Waals surface area (Å²) in [4.78, 5) is 32.0. The van der Waals surface area contributed by atoms with Crippen molar-refractivity contribution in [3.05, 3.63) is 94.9 Å². The molecule has 1 aliphatic rings. The zero-order valence-electron chi connectivity index (χ0n) is 20.0. The molecule has 1 saturated heterocycles. The first-order chi connectivity index (χ1) is 17.6. The molecule has 0 spiro atoms. The van der Waals surface area contributed by atoms with E-state index in [-0.39, 0.29) is 19.1 Å². The van der Waals surface area contributed by atoms with Crippen LogP contribution in [0.15, 0.2) is 88.8 Å². The van der Waals surface area contributed by atoms with Crippen LogP contribution in [-0.4, -0.2) is 42.3 Å². The Morgan fingerprint density at radius 1 is 1.00 bits per heavy atom. The maximum Gasteiger partial charge on any atom is 0.344 e. The van der Waals surface area contributed by atoms with Crippen LogP contribution in [-0.2, 0) is 20.9 Å². The summed E-state index contributed by atoms with van der Waals surface area (Å²) in [6, 6.07) is 24.6. The molecule has 0 aliphatic carbocycles. The summed E-state index contributed by atoms with van der Waals surface area (Å²) in [6.07, 6.45) is 1.80. The molecule has 0 bridgehead atoms. The number of methoxy groups -OCH3 is 1. The second-order valence-electron chi connectivity index (χ2n) is 7.72. The number of hydrogen-bond acceptors (Lipinski definition) is 7. The molecule has 4 rings (SSSR count). The summed E-state index contributed by atoms with van der Waals surface area (Å²) in [6.45, 7) is 2.22. The predicted octanol–water partition coefficient (Wildman–Crippen LogP) is 5.44. The number of nitrogens with zero attached hydrogens (tertiary/aromatic N) is 2. The van der Waals surface area contributed by atoms with Gasteiger partial charge in [-0.05, 0) is 60.2 Å². The van der Waals surface area contributed by atoms with Gasteiger partial charge in [-0.15, -0.1) is 0 Å². The normalized spacial score (nSPS) is 15.4. The number of amidine groups is 1. The third-order valence-electron chi connectivity index (χ3n) is 5.19. The largest absolute Gasteiger partial charge is 0.493 e. The van der Waals surface area contributed by atoms with Gasteiger partial charge < -0.3 is 14.2 Å². The van der Waals surface area contributed by atoms with E-state index in [0.717, 1.165) is 16.8 Å². The van der Waals surface area contributed by atoms with Crippen molar-refractivity contribution in [1.29, 1.82) is 0 Å². The molecular weight excluding hydrogens is 476 g/mol. The molecule has 7 nitrogen and oxygen atoms in total. The SMILES string of the molecule is CCOC(=O)COc1ccc(/C=C2/SC(=Nc3ccccc3)N(Cc3ccccc3)C2=O)cc1OC. The molecule has 1 fully saturated rings. The highest BCUT2D eigenvalue weighted by molar-refractivity contribution is 8.18. The van der Waals surface area contributed by atoms with E-state index >= 15 is 0 Å². The monoisotopic (exact) mass is 502 g/mol. The Labute approximate surface area is 214 Å². The van der Waals surface area contributed by atoms with Gasteiger partial charge in [0.15, 0.2) is 23.3 Å². The van der Waals surface area contributed by atoms with Crippen LogP contribution in [0, 0.1) is 0 Å². The molecule has 1 heterocycles. The van der Waals surface area contributed by atoms with E-state index < -0.39 is 5.97 Å². The van der Waals surface area contributed by atoms with Gasteiger partial charge in [0.1, 0.15) is 0 Å². The van der Waals surface area contributed by atoms with E-state index in [9.17, 15) is 9.59 Å². The van der Waals surface area contributed by atoms with Crippen LogP contribution < -0.4 is 9.47 Å². The molecule has 0 aromatic heterocycles. The van der Waals surface area contributed by atoms with Gasteiger partial charge in [-0.25, -0.2) is 9.79 Å². The second kappa shape index (κ2) is 12.1. The van der Waals surface area contributed by atoms with E-state index in [1.807, 2.05) is 60.7 Å². The zero-order valence-corrected chi connectivity index (χ0v) is 20.9. The van der Waals surface area contributed by atoms with Crippen molar-refractivity contribution in [2.24, 2.45) is 4.99 Å². The van der Waals surface area contributed by atoms with E-state index in [1.54, 1.807) is 36.1 Å². The maximum absolute atomic E-state index is 13.4. The van der Waals surface area contributed by atoms with Crippen molar-refractivity contribution in [3.8, 4) is 11.5 Å². The number of hydrogen-bond donors (Lipinski definition) is 0.